The van der Waals surface area contributed by atoms with Crippen LogP contribution < -0.4 is 24.8 Å². The van der Waals surface area contributed by atoms with E-state index < -0.39 is 24.1 Å². The molecule has 0 amide bonds. The number of ether oxygens (including phenoxy) is 4. The third kappa shape index (κ3) is 39.1. The van der Waals surface area contributed by atoms with Gasteiger partial charge in [0.25, 0.3) is 0 Å². The number of carbonyl (C=O) groups excluding carboxylic acids is 5. The van der Waals surface area contributed by atoms with E-state index in [4.69, 9.17) is 23.8 Å². The van der Waals surface area contributed by atoms with Crippen molar-refractivity contribution in [1.82, 2.24) is 0 Å². The summed E-state index contributed by atoms with van der Waals surface area (Å²) < 4.78 is 21.6. The van der Waals surface area contributed by atoms with E-state index in [1.807, 2.05) is 14.1 Å². The molecule has 1 N–H and O–H groups in total. The Morgan fingerprint density at radius 1 is 0.526 bits per heavy atom. The van der Waals surface area contributed by atoms with Gasteiger partial charge in [0.2, 0.25) is 6.54 Å². The van der Waals surface area contributed by atoms with Gasteiger partial charge in [0.1, 0.15) is 33.4 Å². The van der Waals surface area contributed by atoms with E-state index in [-0.39, 0.29) is 67.1 Å². The van der Waals surface area contributed by atoms with Crippen LogP contribution in [0.1, 0.15) is 162 Å². The van der Waals surface area contributed by atoms with Crippen LogP contribution in [0, 0.1) is 0 Å². The monoisotopic (exact) mass is 859 g/mol. The van der Waals surface area contributed by atoms with E-state index in [1.54, 1.807) is 14.1 Å². The molecule has 13 nitrogen and oxygen atoms in total. The first-order chi connectivity index (χ1) is 26.1. The zero-order chi connectivity index (χ0) is 41.4. The van der Waals surface area contributed by atoms with Gasteiger partial charge in [0, 0.05) is 20.3 Å². The normalized spacial score (nSPS) is 12.4. The molecule has 0 saturated carbocycles. The maximum atomic E-state index is 12.7. The van der Waals surface area contributed by atoms with Gasteiger partial charge in [0.05, 0.1) is 33.4 Å². The van der Waals surface area contributed by atoms with Crippen molar-refractivity contribution < 1.29 is 86.8 Å². The van der Waals surface area contributed by atoms with E-state index in [2.05, 4.69) is 6.92 Å². The topological polar surface area (TPSA) is 152 Å². The van der Waals surface area contributed by atoms with E-state index in [9.17, 15) is 29.1 Å². The molecule has 0 bridgehead atoms. The van der Waals surface area contributed by atoms with Gasteiger partial charge in [-0.15, -0.1) is 4.65 Å². The summed E-state index contributed by atoms with van der Waals surface area (Å²) in [5.74, 6) is -1.67. The molecule has 0 aliphatic rings. The molecule has 0 aromatic heterocycles. The van der Waals surface area contributed by atoms with Gasteiger partial charge < -0.3 is 53.4 Å². The summed E-state index contributed by atoms with van der Waals surface area (Å²) in [5, 5.41) is 10.9. The number of quaternary nitrogens is 2. The molecule has 57 heavy (non-hydrogen) atoms. The number of carbonyl (C=O) groups is 5. The van der Waals surface area contributed by atoms with Crippen molar-refractivity contribution in [2.75, 3.05) is 67.6 Å². The standard InChI is InChI=1S/C42H80N2O11.2ClH/c1-8-9-10-11-18-23-28-39(54-42(50)35-44(6,7)55-37(3)46)38(47)27-22-17-16-19-24-29-40(48)52-31-25-20-14-12-13-15-21-26-32-53-41(49)34-43(4,5)30-33-51-36(2)45;;/h38-39,47H,8-35H2,1-7H3;2*1H/q+2;;/p-2. The van der Waals surface area contributed by atoms with Gasteiger partial charge in [0.15, 0.2) is 6.54 Å². The predicted octanol–water partition coefficient (Wildman–Crippen LogP) is 1.15. The lowest BCUT2D eigenvalue weighted by Gasteiger charge is -2.28. The predicted molar refractivity (Wildman–Crippen MR) is 212 cm³/mol. The van der Waals surface area contributed by atoms with Crippen molar-refractivity contribution in [3.8, 4) is 0 Å². The van der Waals surface area contributed by atoms with Crippen molar-refractivity contribution >= 4 is 29.8 Å². The number of unbranched alkanes of at least 4 members (excludes halogenated alkanes) is 16. The Morgan fingerprint density at radius 3 is 1.53 bits per heavy atom. The van der Waals surface area contributed by atoms with E-state index in [0.29, 0.717) is 43.5 Å². The molecule has 0 radical (unpaired) electrons. The number of halogens is 2. The summed E-state index contributed by atoms with van der Waals surface area (Å²) in [6.45, 7) is 6.70. The summed E-state index contributed by atoms with van der Waals surface area (Å²) in [6, 6.07) is 0. The van der Waals surface area contributed by atoms with Crippen LogP contribution in [0.4, 0.5) is 0 Å². The molecule has 0 aliphatic heterocycles. The third-order valence-electron chi connectivity index (χ3n) is 9.44. The van der Waals surface area contributed by atoms with Crippen LogP contribution in [0.25, 0.3) is 0 Å². The summed E-state index contributed by atoms with van der Waals surface area (Å²) in [4.78, 5) is 64.4. The van der Waals surface area contributed by atoms with Crippen LogP contribution in [0.15, 0.2) is 0 Å². The maximum absolute atomic E-state index is 12.7. The Labute approximate surface area is 357 Å². The Balaban J connectivity index is -0.0000146. The second-order valence-corrected chi connectivity index (χ2v) is 16.2. The highest BCUT2D eigenvalue weighted by atomic mass is 35.5. The molecule has 0 fully saturated rings. The first kappa shape index (κ1) is 59.1. The SMILES string of the molecule is CCCCCCCCC(OC(=O)C[N+](C)(C)OC(C)=O)C(O)CCCCCCCC(=O)OCCCCCCCCCCOC(=O)C[N+](C)(C)CCOC(C)=O.[Cl-].[Cl-]. The first-order valence-corrected chi connectivity index (χ1v) is 21.2. The molecular weight excluding hydrogens is 779 g/mol. The fraction of sp³-hybridized carbons (Fsp3) is 0.881. The van der Waals surface area contributed by atoms with Gasteiger partial charge in [-0.1, -0.05) is 103 Å². The summed E-state index contributed by atoms with van der Waals surface area (Å²) in [5.41, 5.74) is 0. The quantitative estimate of drug-likeness (QED) is 0.0318. The summed E-state index contributed by atoms with van der Waals surface area (Å²) >= 11 is 0. The molecule has 0 heterocycles. The largest absolute Gasteiger partial charge is 1.00 e. The second kappa shape index (κ2) is 36.9. The number of hydrogen-bond donors (Lipinski definition) is 1. The zero-order valence-electron chi connectivity index (χ0n) is 36.6. The van der Waals surface area contributed by atoms with Gasteiger partial charge in [-0.05, 0) is 38.5 Å². The zero-order valence-corrected chi connectivity index (χ0v) is 38.1. The molecular formula is C42H80Cl2N2O11. The molecule has 0 aromatic rings. The van der Waals surface area contributed by atoms with Crippen molar-refractivity contribution in [1.29, 1.82) is 0 Å². The fourth-order valence-corrected chi connectivity index (χ4v) is 6.31. The lowest BCUT2D eigenvalue weighted by molar-refractivity contribution is -1.05. The Morgan fingerprint density at radius 2 is 1.00 bits per heavy atom. The lowest BCUT2D eigenvalue weighted by atomic mass is 9.99. The molecule has 0 aromatic carbocycles. The minimum atomic E-state index is -0.751. The van der Waals surface area contributed by atoms with Gasteiger partial charge in [-0.2, -0.15) is 0 Å². The lowest BCUT2D eigenvalue weighted by Crippen LogP contribution is -3.00. The molecule has 15 heteroatoms. The second-order valence-electron chi connectivity index (χ2n) is 16.2. The van der Waals surface area contributed by atoms with Crippen LogP contribution in [0.5, 0.6) is 0 Å². The highest BCUT2D eigenvalue weighted by Crippen LogP contribution is 2.19. The highest BCUT2D eigenvalue weighted by molar-refractivity contribution is 5.71. The summed E-state index contributed by atoms with van der Waals surface area (Å²) in [7, 11) is 7.05. The number of aliphatic hydroxyl groups is 1. The molecule has 0 saturated heterocycles. The minimum absolute atomic E-state index is 0. The number of esters is 4. The Kier molecular flexibility index (Phi) is 38.2. The molecule has 2 atom stereocenters. The van der Waals surface area contributed by atoms with Crippen LogP contribution in [0.3, 0.4) is 0 Å². The van der Waals surface area contributed by atoms with Crippen molar-refractivity contribution in [2.45, 2.75) is 174 Å². The molecule has 0 rings (SSSR count). The number of rotatable bonds is 36. The van der Waals surface area contributed by atoms with Crippen molar-refractivity contribution in [3.05, 3.63) is 0 Å². The average molecular weight is 860 g/mol. The number of likely N-dealkylation sites (N-methyl/N-ethyl adjacent to an activating group) is 2. The number of hydroxylamine groups is 3. The number of nitrogens with zero attached hydrogens (tertiary/aromatic N) is 2. The van der Waals surface area contributed by atoms with Crippen LogP contribution in [-0.4, -0.2) is 124 Å². The average Bonchev–Trinajstić information content (AvgIpc) is 3.07. The smallest absolute Gasteiger partial charge is 0.366 e. The Bertz CT molecular complexity index is 1060. The van der Waals surface area contributed by atoms with E-state index in [1.165, 1.54) is 33.1 Å². The third-order valence-corrected chi connectivity index (χ3v) is 9.44. The van der Waals surface area contributed by atoms with Crippen LogP contribution >= 0.6 is 0 Å². The number of hydrogen-bond acceptors (Lipinski definition) is 11. The van der Waals surface area contributed by atoms with Gasteiger partial charge >= 0.3 is 29.8 Å². The summed E-state index contributed by atoms with van der Waals surface area (Å²) in [6.07, 6.45) is 19.5. The molecule has 338 valence electrons. The minimum Gasteiger partial charge on any atom is -1.00 e. The van der Waals surface area contributed by atoms with Gasteiger partial charge in [-0.25, -0.2) is 14.4 Å². The molecule has 2 unspecified atom stereocenters. The van der Waals surface area contributed by atoms with Gasteiger partial charge in [-0.3, -0.25) is 14.4 Å². The van der Waals surface area contributed by atoms with E-state index >= 15 is 0 Å². The number of aliphatic hydroxyl groups excluding tert-OH is 1. The van der Waals surface area contributed by atoms with Crippen LogP contribution in [-0.2, 0) is 47.8 Å². The highest BCUT2D eigenvalue weighted by Gasteiger charge is 2.30. The fourth-order valence-electron chi connectivity index (χ4n) is 6.31. The molecule has 0 spiro atoms. The van der Waals surface area contributed by atoms with Crippen molar-refractivity contribution in [3.63, 3.8) is 0 Å². The van der Waals surface area contributed by atoms with E-state index in [0.717, 1.165) is 103 Å². The van der Waals surface area contributed by atoms with Crippen LogP contribution in [0.2, 0.25) is 0 Å². The first-order valence-electron chi connectivity index (χ1n) is 21.2. The Hall–Kier alpha value is -2.19. The molecule has 0 aliphatic carbocycles. The van der Waals surface area contributed by atoms with Crippen molar-refractivity contribution in [2.24, 2.45) is 0 Å². The maximum Gasteiger partial charge on any atom is 0.366 e.